The molecule has 6 heteroatoms. The SMILES string of the molecule is CN(C(=O)C1CC1)c1ccccc1C(=O)Nc1ccc(N2CCCC2)nc1. The van der Waals surface area contributed by atoms with Crippen molar-refractivity contribution >= 4 is 29.0 Å². The van der Waals surface area contributed by atoms with Gasteiger partial charge in [0.2, 0.25) is 5.91 Å². The standard InChI is InChI=1S/C21H24N4O2/c1-24(21(27)15-8-9-15)18-7-3-2-6-17(18)20(26)23-16-10-11-19(22-14-16)25-12-4-5-13-25/h2-3,6-7,10-11,14-15H,4-5,8-9,12-13H2,1H3,(H,23,26). The van der Waals surface area contributed by atoms with Gasteiger partial charge in [-0.2, -0.15) is 0 Å². The van der Waals surface area contributed by atoms with Crippen molar-refractivity contribution < 1.29 is 9.59 Å². The van der Waals surface area contributed by atoms with Crippen LogP contribution in [0.1, 0.15) is 36.0 Å². The van der Waals surface area contributed by atoms with Crippen LogP contribution >= 0.6 is 0 Å². The van der Waals surface area contributed by atoms with Crippen LogP contribution in [0.15, 0.2) is 42.6 Å². The largest absolute Gasteiger partial charge is 0.357 e. The van der Waals surface area contributed by atoms with Crippen LogP contribution in [-0.4, -0.2) is 36.9 Å². The van der Waals surface area contributed by atoms with Gasteiger partial charge in [-0.05, 0) is 49.9 Å². The Morgan fingerprint density at radius 1 is 1.11 bits per heavy atom. The van der Waals surface area contributed by atoms with Crippen molar-refractivity contribution in [1.82, 2.24) is 4.98 Å². The minimum absolute atomic E-state index is 0.0758. The maximum atomic E-state index is 12.8. The van der Waals surface area contributed by atoms with Crippen LogP contribution in [0.3, 0.4) is 0 Å². The smallest absolute Gasteiger partial charge is 0.257 e. The number of rotatable bonds is 5. The lowest BCUT2D eigenvalue weighted by Crippen LogP contribution is -2.30. The Bertz CT molecular complexity index is 840. The summed E-state index contributed by atoms with van der Waals surface area (Å²) in [6.07, 6.45) is 5.96. The summed E-state index contributed by atoms with van der Waals surface area (Å²) in [4.78, 5) is 33.5. The molecular formula is C21H24N4O2. The lowest BCUT2D eigenvalue weighted by atomic mass is 10.1. The molecule has 0 atom stereocenters. The summed E-state index contributed by atoms with van der Waals surface area (Å²) < 4.78 is 0. The Morgan fingerprint density at radius 2 is 1.85 bits per heavy atom. The second-order valence-electron chi connectivity index (χ2n) is 7.24. The Labute approximate surface area is 159 Å². The summed E-state index contributed by atoms with van der Waals surface area (Å²) in [7, 11) is 1.74. The van der Waals surface area contributed by atoms with E-state index in [-0.39, 0.29) is 17.7 Å². The van der Waals surface area contributed by atoms with Gasteiger partial charge in [0.05, 0.1) is 23.1 Å². The molecule has 1 N–H and O–H groups in total. The summed E-state index contributed by atoms with van der Waals surface area (Å²) in [5.41, 5.74) is 1.76. The van der Waals surface area contributed by atoms with E-state index in [1.165, 1.54) is 12.8 Å². The Balaban J connectivity index is 1.49. The van der Waals surface area contributed by atoms with Gasteiger partial charge < -0.3 is 15.1 Å². The number of para-hydroxylation sites is 1. The molecule has 1 aliphatic heterocycles. The number of carbonyl (C=O) groups is 2. The second kappa shape index (κ2) is 7.39. The van der Waals surface area contributed by atoms with Crippen molar-refractivity contribution in [3.05, 3.63) is 48.2 Å². The molecule has 2 aromatic rings. The minimum Gasteiger partial charge on any atom is -0.357 e. The summed E-state index contributed by atoms with van der Waals surface area (Å²) in [5.74, 6) is 0.887. The molecule has 0 unspecified atom stereocenters. The van der Waals surface area contributed by atoms with E-state index in [9.17, 15) is 9.59 Å². The van der Waals surface area contributed by atoms with Crippen molar-refractivity contribution in [1.29, 1.82) is 0 Å². The monoisotopic (exact) mass is 364 g/mol. The Hall–Kier alpha value is -2.89. The first kappa shape index (κ1) is 17.5. The van der Waals surface area contributed by atoms with E-state index in [0.717, 1.165) is 31.7 Å². The minimum atomic E-state index is -0.239. The molecular weight excluding hydrogens is 340 g/mol. The van der Waals surface area contributed by atoms with Crippen molar-refractivity contribution in [2.24, 2.45) is 5.92 Å². The van der Waals surface area contributed by atoms with Crippen LogP contribution in [0.5, 0.6) is 0 Å². The third-order valence-electron chi connectivity index (χ3n) is 5.20. The molecule has 2 heterocycles. The second-order valence-corrected chi connectivity index (χ2v) is 7.24. The molecule has 2 aliphatic rings. The molecule has 1 aromatic heterocycles. The third-order valence-corrected chi connectivity index (χ3v) is 5.20. The molecule has 140 valence electrons. The predicted molar refractivity (Wildman–Crippen MR) is 106 cm³/mol. The molecule has 0 radical (unpaired) electrons. The van der Waals surface area contributed by atoms with Crippen LogP contribution in [0.4, 0.5) is 17.2 Å². The number of nitrogens with zero attached hydrogens (tertiary/aromatic N) is 3. The number of pyridine rings is 1. The molecule has 0 bridgehead atoms. The highest BCUT2D eigenvalue weighted by molar-refractivity contribution is 6.10. The van der Waals surface area contributed by atoms with Crippen molar-refractivity contribution in [2.75, 3.05) is 35.3 Å². The van der Waals surface area contributed by atoms with Crippen LogP contribution in [0, 0.1) is 5.92 Å². The van der Waals surface area contributed by atoms with Gasteiger partial charge in [0.15, 0.2) is 0 Å². The first-order valence-electron chi connectivity index (χ1n) is 9.52. The van der Waals surface area contributed by atoms with E-state index in [0.29, 0.717) is 16.9 Å². The van der Waals surface area contributed by atoms with Crippen molar-refractivity contribution in [3.8, 4) is 0 Å². The number of benzene rings is 1. The van der Waals surface area contributed by atoms with Crippen LogP contribution in [0.2, 0.25) is 0 Å². The van der Waals surface area contributed by atoms with E-state index < -0.39 is 0 Å². The fourth-order valence-electron chi connectivity index (χ4n) is 3.47. The normalized spacial score (nSPS) is 16.3. The number of hydrogen-bond acceptors (Lipinski definition) is 4. The number of carbonyl (C=O) groups excluding carboxylic acids is 2. The van der Waals surface area contributed by atoms with E-state index in [2.05, 4.69) is 15.2 Å². The molecule has 27 heavy (non-hydrogen) atoms. The Morgan fingerprint density at radius 3 is 2.52 bits per heavy atom. The van der Waals surface area contributed by atoms with Gasteiger partial charge in [0.25, 0.3) is 5.91 Å². The summed E-state index contributed by atoms with van der Waals surface area (Å²) in [6.45, 7) is 2.07. The van der Waals surface area contributed by atoms with E-state index in [1.807, 2.05) is 30.3 Å². The Kier molecular flexibility index (Phi) is 4.79. The summed E-state index contributed by atoms with van der Waals surface area (Å²) >= 11 is 0. The number of hydrogen-bond donors (Lipinski definition) is 1. The predicted octanol–water partition coefficient (Wildman–Crippen LogP) is 3.31. The number of anilines is 3. The van der Waals surface area contributed by atoms with Gasteiger partial charge in [-0.25, -0.2) is 4.98 Å². The number of amides is 2. The highest BCUT2D eigenvalue weighted by Gasteiger charge is 2.33. The zero-order chi connectivity index (χ0) is 18.8. The molecule has 1 aromatic carbocycles. The van der Waals surface area contributed by atoms with Gasteiger partial charge in [-0.15, -0.1) is 0 Å². The fourth-order valence-corrected chi connectivity index (χ4v) is 3.47. The van der Waals surface area contributed by atoms with Gasteiger partial charge in [-0.1, -0.05) is 12.1 Å². The summed E-state index contributed by atoms with van der Waals surface area (Å²) in [5, 5.41) is 2.90. The third kappa shape index (κ3) is 3.79. The zero-order valence-electron chi connectivity index (χ0n) is 15.5. The molecule has 6 nitrogen and oxygen atoms in total. The first-order valence-corrected chi connectivity index (χ1v) is 9.52. The van der Waals surface area contributed by atoms with Gasteiger partial charge in [0, 0.05) is 26.1 Å². The van der Waals surface area contributed by atoms with Crippen molar-refractivity contribution in [3.63, 3.8) is 0 Å². The highest BCUT2D eigenvalue weighted by atomic mass is 16.2. The van der Waals surface area contributed by atoms with Gasteiger partial charge >= 0.3 is 0 Å². The maximum absolute atomic E-state index is 12.8. The van der Waals surface area contributed by atoms with Crippen LogP contribution < -0.4 is 15.1 Å². The fraction of sp³-hybridized carbons (Fsp3) is 0.381. The van der Waals surface area contributed by atoms with E-state index >= 15 is 0 Å². The zero-order valence-corrected chi connectivity index (χ0v) is 15.5. The average molecular weight is 364 g/mol. The van der Waals surface area contributed by atoms with Crippen LogP contribution in [0.25, 0.3) is 0 Å². The van der Waals surface area contributed by atoms with Crippen LogP contribution in [-0.2, 0) is 4.79 Å². The molecule has 2 amide bonds. The molecule has 1 aliphatic carbocycles. The quantitative estimate of drug-likeness (QED) is 0.884. The average Bonchev–Trinajstić information content (AvgIpc) is 3.41. The lowest BCUT2D eigenvalue weighted by Gasteiger charge is -2.20. The number of nitrogens with one attached hydrogen (secondary N) is 1. The lowest BCUT2D eigenvalue weighted by molar-refractivity contribution is -0.119. The molecule has 2 fully saturated rings. The maximum Gasteiger partial charge on any atom is 0.257 e. The van der Waals surface area contributed by atoms with E-state index in [4.69, 9.17) is 0 Å². The van der Waals surface area contributed by atoms with E-state index in [1.54, 1.807) is 24.2 Å². The van der Waals surface area contributed by atoms with Crippen molar-refractivity contribution in [2.45, 2.75) is 25.7 Å². The molecule has 0 spiro atoms. The molecule has 1 saturated carbocycles. The number of aromatic nitrogens is 1. The molecule has 1 saturated heterocycles. The topological polar surface area (TPSA) is 65.5 Å². The summed E-state index contributed by atoms with van der Waals surface area (Å²) in [6, 6.07) is 11.0. The first-order chi connectivity index (χ1) is 13.1. The molecule has 4 rings (SSSR count). The highest BCUT2D eigenvalue weighted by Crippen LogP contribution is 2.33. The van der Waals surface area contributed by atoms with Gasteiger partial charge in [0.1, 0.15) is 5.82 Å². The van der Waals surface area contributed by atoms with Gasteiger partial charge in [-0.3, -0.25) is 9.59 Å².